The lowest BCUT2D eigenvalue weighted by Crippen LogP contribution is -2.17. The van der Waals surface area contributed by atoms with E-state index in [0.717, 1.165) is 23.4 Å². The summed E-state index contributed by atoms with van der Waals surface area (Å²) in [6, 6.07) is 11.2. The van der Waals surface area contributed by atoms with Gasteiger partial charge >= 0.3 is 6.18 Å². The van der Waals surface area contributed by atoms with Crippen molar-refractivity contribution in [3.63, 3.8) is 0 Å². The third-order valence-electron chi connectivity index (χ3n) is 3.16. The van der Waals surface area contributed by atoms with E-state index >= 15 is 0 Å². The summed E-state index contributed by atoms with van der Waals surface area (Å²) in [5, 5.41) is 6.09. The Kier molecular flexibility index (Phi) is 6.60. The lowest BCUT2D eigenvalue weighted by Gasteiger charge is -2.08. The molecule has 0 bridgehead atoms. The van der Waals surface area contributed by atoms with Gasteiger partial charge in [-0.3, -0.25) is 4.79 Å². The predicted molar refractivity (Wildman–Crippen MR) is 91.2 cm³/mol. The number of nitrogens with zero attached hydrogens (tertiary/aromatic N) is 1. The van der Waals surface area contributed by atoms with Gasteiger partial charge in [-0.1, -0.05) is 5.16 Å². The van der Waals surface area contributed by atoms with Crippen molar-refractivity contribution in [2.75, 3.05) is 18.5 Å². The minimum absolute atomic E-state index is 0.238. The number of ether oxygens (including phenoxy) is 1. The molecule has 0 aliphatic carbocycles. The summed E-state index contributed by atoms with van der Waals surface area (Å²) in [5.74, 6) is 0.204. The molecule has 8 heteroatoms. The van der Waals surface area contributed by atoms with E-state index in [0.29, 0.717) is 6.61 Å². The van der Waals surface area contributed by atoms with E-state index in [1.165, 1.54) is 18.3 Å². The molecule has 0 fully saturated rings. The number of anilines is 1. The molecule has 0 spiro atoms. The quantitative estimate of drug-likeness (QED) is 0.593. The zero-order valence-corrected chi connectivity index (χ0v) is 13.9. The summed E-state index contributed by atoms with van der Waals surface area (Å²) in [5.41, 5.74) is 0.213. The monoisotopic (exact) mass is 366 g/mol. The highest BCUT2D eigenvalue weighted by atomic mass is 19.4. The molecule has 0 saturated heterocycles. The second-order valence-corrected chi connectivity index (χ2v) is 5.13. The molecule has 2 aromatic rings. The number of benzene rings is 2. The van der Waals surface area contributed by atoms with Crippen molar-refractivity contribution in [2.45, 2.75) is 13.1 Å². The summed E-state index contributed by atoms with van der Waals surface area (Å²) >= 11 is 0. The van der Waals surface area contributed by atoms with Gasteiger partial charge in [-0.15, -0.1) is 0 Å². The molecule has 2 aromatic carbocycles. The van der Waals surface area contributed by atoms with Gasteiger partial charge in [0.05, 0.1) is 18.4 Å². The summed E-state index contributed by atoms with van der Waals surface area (Å²) in [7, 11) is 0. The molecule has 0 aromatic heterocycles. The molecule has 1 amide bonds. The fraction of sp³-hybridized carbons (Fsp3) is 0.222. The van der Waals surface area contributed by atoms with Crippen LogP contribution < -0.4 is 10.1 Å². The number of halogens is 3. The molecule has 0 heterocycles. The molecule has 0 atom stereocenters. The maximum absolute atomic E-state index is 12.5. The molecular weight excluding hydrogens is 349 g/mol. The van der Waals surface area contributed by atoms with Crippen LogP contribution in [0.1, 0.15) is 18.1 Å². The second-order valence-electron chi connectivity index (χ2n) is 5.13. The normalized spacial score (nSPS) is 11.4. The molecule has 0 aliphatic rings. The van der Waals surface area contributed by atoms with E-state index in [1.54, 1.807) is 24.3 Å². The molecule has 1 N–H and O–H groups in total. The number of rotatable bonds is 7. The van der Waals surface area contributed by atoms with Crippen molar-refractivity contribution in [3.05, 3.63) is 59.7 Å². The van der Waals surface area contributed by atoms with Gasteiger partial charge in [0.15, 0.2) is 6.61 Å². The van der Waals surface area contributed by atoms with E-state index in [2.05, 4.69) is 10.5 Å². The molecule has 2 rings (SSSR count). The van der Waals surface area contributed by atoms with Crippen LogP contribution in [0, 0.1) is 0 Å². The Balaban J connectivity index is 1.78. The van der Waals surface area contributed by atoms with E-state index in [1.807, 2.05) is 6.92 Å². The number of carbonyl (C=O) groups excluding carboxylic acids is 1. The topological polar surface area (TPSA) is 59.9 Å². The van der Waals surface area contributed by atoms with E-state index < -0.39 is 17.6 Å². The Morgan fingerprint density at radius 1 is 1.12 bits per heavy atom. The standard InChI is InChI=1S/C18H17F3N2O3/c1-2-25-16-9-3-13(4-10-16)11-22-26-12-17(24)23-15-7-5-14(6-8-15)18(19,20)21/h3-11H,2,12H2,1H3,(H,23,24)/b22-11-. The number of hydrogen-bond donors (Lipinski definition) is 1. The Labute approximate surface area is 148 Å². The smallest absolute Gasteiger partial charge is 0.416 e. The summed E-state index contributed by atoms with van der Waals surface area (Å²) in [6.45, 7) is 2.10. The fourth-order valence-corrected chi connectivity index (χ4v) is 1.95. The number of amides is 1. The fourth-order valence-electron chi connectivity index (χ4n) is 1.95. The van der Waals surface area contributed by atoms with Crippen molar-refractivity contribution in [3.8, 4) is 5.75 Å². The van der Waals surface area contributed by atoms with E-state index in [4.69, 9.17) is 9.57 Å². The van der Waals surface area contributed by atoms with Crippen LogP contribution in [-0.4, -0.2) is 25.3 Å². The van der Waals surface area contributed by atoms with Gasteiger partial charge < -0.3 is 14.9 Å². The molecule has 0 saturated carbocycles. The van der Waals surface area contributed by atoms with Crippen LogP contribution in [0.2, 0.25) is 0 Å². The zero-order valence-electron chi connectivity index (χ0n) is 13.9. The van der Waals surface area contributed by atoms with Gasteiger partial charge in [0, 0.05) is 5.69 Å². The SMILES string of the molecule is CCOc1ccc(/C=N\OCC(=O)Nc2ccc(C(F)(F)F)cc2)cc1. The van der Waals surface area contributed by atoms with Crippen LogP contribution >= 0.6 is 0 Å². The molecule has 138 valence electrons. The number of oxime groups is 1. The van der Waals surface area contributed by atoms with Crippen molar-refractivity contribution in [1.82, 2.24) is 0 Å². The van der Waals surface area contributed by atoms with Crippen LogP contribution in [0.15, 0.2) is 53.7 Å². The summed E-state index contributed by atoms with van der Waals surface area (Å²) in [6.07, 6.45) is -2.98. The zero-order chi connectivity index (χ0) is 19.0. The first-order valence-electron chi connectivity index (χ1n) is 7.74. The van der Waals surface area contributed by atoms with Gasteiger partial charge in [0.25, 0.3) is 5.91 Å². The third kappa shape index (κ3) is 6.12. The third-order valence-corrected chi connectivity index (χ3v) is 3.16. The predicted octanol–water partition coefficient (Wildman–Crippen LogP) is 4.09. The van der Waals surface area contributed by atoms with Gasteiger partial charge in [-0.25, -0.2) is 0 Å². The highest BCUT2D eigenvalue weighted by Gasteiger charge is 2.29. The van der Waals surface area contributed by atoms with Gasteiger partial charge in [-0.2, -0.15) is 13.2 Å². The first-order chi connectivity index (χ1) is 12.4. The Bertz CT molecular complexity index is 742. The first-order valence-corrected chi connectivity index (χ1v) is 7.74. The maximum Gasteiger partial charge on any atom is 0.416 e. The summed E-state index contributed by atoms with van der Waals surface area (Å²) < 4.78 is 42.7. The van der Waals surface area contributed by atoms with Gasteiger partial charge in [0.2, 0.25) is 0 Å². The first kappa shape index (κ1) is 19.3. The second kappa shape index (κ2) is 8.89. The molecule has 0 unspecified atom stereocenters. The Morgan fingerprint density at radius 3 is 2.35 bits per heavy atom. The number of carbonyl (C=O) groups is 1. The Morgan fingerprint density at radius 2 is 1.77 bits per heavy atom. The van der Waals surface area contributed by atoms with Crippen LogP contribution in [-0.2, 0) is 15.8 Å². The molecule has 5 nitrogen and oxygen atoms in total. The molecule has 0 aliphatic heterocycles. The van der Waals surface area contributed by atoms with Crippen molar-refractivity contribution in [2.24, 2.45) is 5.16 Å². The van der Waals surface area contributed by atoms with Crippen LogP contribution in [0.5, 0.6) is 5.75 Å². The van der Waals surface area contributed by atoms with Crippen LogP contribution in [0.25, 0.3) is 0 Å². The average molecular weight is 366 g/mol. The van der Waals surface area contributed by atoms with Crippen molar-refractivity contribution in [1.29, 1.82) is 0 Å². The summed E-state index contributed by atoms with van der Waals surface area (Å²) in [4.78, 5) is 16.5. The van der Waals surface area contributed by atoms with Crippen molar-refractivity contribution >= 4 is 17.8 Å². The van der Waals surface area contributed by atoms with Gasteiger partial charge in [0.1, 0.15) is 5.75 Å². The van der Waals surface area contributed by atoms with Crippen molar-refractivity contribution < 1.29 is 27.5 Å². The lowest BCUT2D eigenvalue weighted by atomic mass is 10.2. The minimum Gasteiger partial charge on any atom is -0.494 e. The number of nitrogens with one attached hydrogen (secondary N) is 1. The highest BCUT2D eigenvalue weighted by molar-refractivity contribution is 5.91. The molecule has 0 radical (unpaired) electrons. The van der Waals surface area contributed by atoms with E-state index in [9.17, 15) is 18.0 Å². The van der Waals surface area contributed by atoms with Crippen LogP contribution in [0.4, 0.5) is 18.9 Å². The maximum atomic E-state index is 12.5. The van der Waals surface area contributed by atoms with Gasteiger partial charge in [-0.05, 0) is 61.0 Å². The number of alkyl halides is 3. The average Bonchev–Trinajstić information content (AvgIpc) is 2.60. The molecule has 26 heavy (non-hydrogen) atoms. The number of hydrogen-bond acceptors (Lipinski definition) is 4. The minimum atomic E-state index is -4.42. The molecular formula is C18H17F3N2O3. The highest BCUT2D eigenvalue weighted by Crippen LogP contribution is 2.29. The van der Waals surface area contributed by atoms with Crippen LogP contribution in [0.3, 0.4) is 0 Å². The largest absolute Gasteiger partial charge is 0.494 e. The van der Waals surface area contributed by atoms with E-state index in [-0.39, 0.29) is 12.3 Å². The Hall–Kier alpha value is -3.03. The lowest BCUT2D eigenvalue weighted by molar-refractivity contribution is -0.137.